The van der Waals surface area contributed by atoms with Gasteiger partial charge in [0.1, 0.15) is 0 Å². The summed E-state index contributed by atoms with van der Waals surface area (Å²) in [6.07, 6.45) is 7.72. The molecule has 1 saturated heterocycles. The SMILES string of the molecule is CC1(C)CCN(CCC2(N)CCCC2)CCS1. The number of hydrogen-bond donors (Lipinski definition) is 1. The summed E-state index contributed by atoms with van der Waals surface area (Å²) in [7, 11) is 0. The van der Waals surface area contributed by atoms with Gasteiger partial charge < -0.3 is 10.6 Å². The van der Waals surface area contributed by atoms with Crippen molar-refractivity contribution in [2.75, 3.05) is 25.4 Å². The molecular weight excluding hydrogens is 228 g/mol. The Kier molecular flexibility index (Phi) is 4.43. The van der Waals surface area contributed by atoms with E-state index in [1.807, 2.05) is 0 Å². The molecule has 0 bridgehead atoms. The van der Waals surface area contributed by atoms with Crippen LogP contribution in [0.5, 0.6) is 0 Å². The largest absolute Gasteiger partial charge is 0.325 e. The molecule has 2 fully saturated rings. The summed E-state index contributed by atoms with van der Waals surface area (Å²) in [5, 5.41) is 0. The van der Waals surface area contributed by atoms with E-state index >= 15 is 0 Å². The molecule has 3 heteroatoms. The van der Waals surface area contributed by atoms with E-state index in [4.69, 9.17) is 5.73 Å². The molecule has 2 rings (SSSR count). The van der Waals surface area contributed by atoms with E-state index in [-0.39, 0.29) is 5.54 Å². The molecule has 17 heavy (non-hydrogen) atoms. The third-order valence-corrected chi connectivity index (χ3v) is 5.83. The summed E-state index contributed by atoms with van der Waals surface area (Å²) in [6, 6.07) is 0. The minimum Gasteiger partial charge on any atom is -0.325 e. The van der Waals surface area contributed by atoms with Crippen LogP contribution in [0.1, 0.15) is 52.4 Å². The van der Waals surface area contributed by atoms with Crippen LogP contribution in [-0.2, 0) is 0 Å². The van der Waals surface area contributed by atoms with E-state index in [9.17, 15) is 0 Å². The predicted molar refractivity (Wildman–Crippen MR) is 77.6 cm³/mol. The Labute approximate surface area is 111 Å². The number of thioether (sulfide) groups is 1. The van der Waals surface area contributed by atoms with Crippen LogP contribution in [-0.4, -0.2) is 40.6 Å². The van der Waals surface area contributed by atoms with E-state index in [1.54, 1.807) is 0 Å². The lowest BCUT2D eigenvalue weighted by molar-refractivity contribution is 0.246. The molecule has 1 heterocycles. The van der Waals surface area contributed by atoms with Gasteiger partial charge in [0, 0.05) is 22.6 Å². The van der Waals surface area contributed by atoms with Gasteiger partial charge in [-0.25, -0.2) is 0 Å². The highest BCUT2D eigenvalue weighted by Crippen LogP contribution is 2.32. The van der Waals surface area contributed by atoms with Crippen molar-refractivity contribution in [3.63, 3.8) is 0 Å². The summed E-state index contributed by atoms with van der Waals surface area (Å²) in [6.45, 7) is 8.48. The fourth-order valence-electron chi connectivity index (χ4n) is 3.00. The number of nitrogens with zero attached hydrogens (tertiary/aromatic N) is 1. The van der Waals surface area contributed by atoms with Crippen molar-refractivity contribution < 1.29 is 0 Å². The minimum absolute atomic E-state index is 0.176. The summed E-state index contributed by atoms with van der Waals surface area (Å²) in [5.74, 6) is 1.28. The molecule has 0 aromatic heterocycles. The molecule has 1 aliphatic heterocycles. The molecule has 2 N–H and O–H groups in total. The first kappa shape index (κ1) is 13.7. The van der Waals surface area contributed by atoms with Gasteiger partial charge in [0.05, 0.1) is 0 Å². The van der Waals surface area contributed by atoms with Crippen LogP contribution < -0.4 is 5.73 Å². The second-order valence-corrected chi connectivity index (χ2v) is 8.32. The molecule has 0 aromatic rings. The molecule has 100 valence electrons. The Balaban J connectivity index is 1.75. The van der Waals surface area contributed by atoms with Gasteiger partial charge in [-0.2, -0.15) is 11.8 Å². The molecule has 2 aliphatic rings. The Morgan fingerprint density at radius 2 is 1.82 bits per heavy atom. The van der Waals surface area contributed by atoms with Crippen LogP contribution in [0.2, 0.25) is 0 Å². The van der Waals surface area contributed by atoms with E-state index in [2.05, 4.69) is 30.5 Å². The first-order valence-electron chi connectivity index (χ1n) is 7.14. The van der Waals surface area contributed by atoms with E-state index in [1.165, 1.54) is 63.9 Å². The highest BCUT2D eigenvalue weighted by Gasteiger charge is 2.30. The number of rotatable bonds is 3. The Hall–Kier alpha value is 0.270. The van der Waals surface area contributed by atoms with Crippen molar-refractivity contribution >= 4 is 11.8 Å². The lowest BCUT2D eigenvalue weighted by Crippen LogP contribution is -2.41. The molecule has 0 aromatic carbocycles. The maximum Gasteiger partial charge on any atom is 0.0166 e. The lowest BCUT2D eigenvalue weighted by Gasteiger charge is -2.28. The summed E-state index contributed by atoms with van der Waals surface area (Å²) >= 11 is 2.13. The quantitative estimate of drug-likeness (QED) is 0.842. The highest BCUT2D eigenvalue weighted by atomic mass is 32.2. The second kappa shape index (κ2) is 5.50. The molecule has 1 aliphatic carbocycles. The molecule has 0 unspecified atom stereocenters. The van der Waals surface area contributed by atoms with E-state index in [0.29, 0.717) is 4.75 Å². The fraction of sp³-hybridized carbons (Fsp3) is 1.00. The standard InChI is InChI=1S/C14H28N2S/c1-13(2)7-9-16(11-12-17-13)10-8-14(15)5-3-4-6-14/h3-12,15H2,1-2H3. The molecule has 1 saturated carbocycles. The molecule has 0 amide bonds. The van der Waals surface area contributed by atoms with Gasteiger partial charge in [-0.05, 0) is 38.8 Å². The summed E-state index contributed by atoms with van der Waals surface area (Å²) < 4.78 is 0.475. The Bertz CT molecular complexity index is 247. The third-order valence-electron chi connectivity index (χ3n) is 4.46. The van der Waals surface area contributed by atoms with Gasteiger partial charge in [-0.1, -0.05) is 26.7 Å². The van der Waals surface area contributed by atoms with Crippen molar-refractivity contribution in [2.45, 2.75) is 62.7 Å². The zero-order valence-corrected chi connectivity index (χ0v) is 12.3. The zero-order chi connectivity index (χ0) is 12.4. The Morgan fingerprint density at radius 1 is 1.12 bits per heavy atom. The Morgan fingerprint density at radius 3 is 2.53 bits per heavy atom. The summed E-state index contributed by atoms with van der Waals surface area (Å²) in [5.41, 5.74) is 6.61. The molecule has 0 atom stereocenters. The van der Waals surface area contributed by atoms with Crippen LogP contribution >= 0.6 is 11.8 Å². The van der Waals surface area contributed by atoms with Crippen LogP contribution in [0, 0.1) is 0 Å². The number of nitrogens with two attached hydrogens (primary N) is 1. The van der Waals surface area contributed by atoms with Gasteiger partial charge in [-0.3, -0.25) is 0 Å². The maximum atomic E-state index is 6.44. The van der Waals surface area contributed by atoms with Crippen molar-refractivity contribution in [1.29, 1.82) is 0 Å². The molecule has 2 nitrogen and oxygen atoms in total. The van der Waals surface area contributed by atoms with Crippen LogP contribution in [0.3, 0.4) is 0 Å². The van der Waals surface area contributed by atoms with Gasteiger partial charge in [0.15, 0.2) is 0 Å². The van der Waals surface area contributed by atoms with E-state index < -0.39 is 0 Å². The van der Waals surface area contributed by atoms with E-state index in [0.717, 1.165) is 0 Å². The molecule has 0 spiro atoms. The molecule has 0 radical (unpaired) electrons. The minimum atomic E-state index is 0.176. The maximum absolute atomic E-state index is 6.44. The van der Waals surface area contributed by atoms with Gasteiger partial charge in [0.2, 0.25) is 0 Å². The van der Waals surface area contributed by atoms with Gasteiger partial charge in [0.25, 0.3) is 0 Å². The first-order chi connectivity index (χ1) is 7.99. The molecular formula is C14H28N2S. The smallest absolute Gasteiger partial charge is 0.0166 e. The van der Waals surface area contributed by atoms with Gasteiger partial charge >= 0.3 is 0 Å². The topological polar surface area (TPSA) is 29.3 Å². The van der Waals surface area contributed by atoms with Gasteiger partial charge in [-0.15, -0.1) is 0 Å². The van der Waals surface area contributed by atoms with Crippen molar-refractivity contribution in [3.8, 4) is 0 Å². The highest BCUT2D eigenvalue weighted by molar-refractivity contribution is 8.00. The van der Waals surface area contributed by atoms with Crippen molar-refractivity contribution in [3.05, 3.63) is 0 Å². The third kappa shape index (κ3) is 4.15. The van der Waals surface area contributed by atoms with Crippen LogP contribution in [0.4, 0.5) is 0 Å². The zero-order valence-electron chi connectivity index (χ0n) is 11.5. The van der Waals surface area contributed by atoms with Crippen molar-refractivity contribution in [2.24, 2.45) is 5.73 Å². The monoisotopic (exact) mass is 256 g/mol. The lowest BCUT2D eigenvalue weighted by atomic mass is 9.94. The predicted octanol–water partition coefficient (Wildman–Crippen LogP) is 2.87. The average Bonchev–Trinajstić information content (AvgIpc) is 2.61. The van der Waals surface area contributed by atoms with Crippen molar-refractivity contribution in [1.82, 2.24) is 4.90 Å². The normalized spacial score (nSPS) is 29.1. The van der Waals surface area contributed by atoms with Crippen LogP contribution in [0.15, 0.2) is 0 Å². The summed E-state index contributed by atoms with van der Waals surface area (Å²) in [4.78, 5) is 2.63. The average molecular weight is 256 g/mol. The fourth-order valence-corrected chi connectivity index (χ4v) is 4.13. The second-order valence-electron chi connectivity index (χ2n) is 6.52. The first-order valence-corrected chi connectivity index (χ1v) is 8.13. The number of hydrogen-bond acceptors (Lipinski definition) is 3. The van der Waals surface area contributed by atoms with Crippen LogP contribution in [0.25, 0.3) is 0 Å².